The molecule has 0 aromatic carbocycles. The van der Waals surface area contributed by atoms with Gasteiger partial charge >= 0.3 is 0 Å². The molecule has 0 saturated carbocycles. The fraction of sp³-hybridized carbons (Fsp3) is 0.909. The molecule has 0 amide bonds. The van der Waals surface area contributed by atoms with E-state index in [0.717, 1.165) is 13.0 Å². The molecule has 0 aromatic rings. The summed E-state index contributed by atoms with van der Waals surface area (Å²) in [5, 5.41) is 0. The van der Waals surface area contributed by atoms with Crippen LogP contribution < -0.4 is 0 Å². The van der Waals surface area contributed by atoms with Gasteiger partial charge in [-0.1, -0.05) is 26.2 Å². The molecule has 1 unspecified atom stereocenters. The van der Waals surface area contributed by atoms with Crippen LogP contribution in [0.1, 0.15) is 39.5 Å². The lowest BCUT2D eigenvalue weighted by Gasteiger charge is -2.10. The highest BCUT2D eigenvalue weighted by Gasteiger charge is 1.99. The van der Waals surface area contributed by atoms with Crippen molar-refractivity contribution in [3.05, 3.63) is 0 Å². The van der Waals surface area contributed by atoms with Gasteiger partial charge in [0.05, 0.1) is 13.2 Å². The minimum absolute atomic E-state index is 0.385. The second-order valence-electron chi connectivity index (χ2n) is 3.34. The molecular formula is C11H22O4. The van der Waals surface area contributed by atoms with Crippen molar-refractivity contribution in [2.24, 2.45) is 0 Å². The number of carbonyl (C=O) groups is 1. The van der Waals surface area contributed by atoms with Crippen LogP contribution in [0.25, 0.3) is 0 Å². The summed E-state index contributed by atoms with van der Waals surface area (Å²) >= 11 is 0. The van der Waals surface area contributed by atoms with Crippen molar-refractivity contribution in [1.82, 2.24) is 0 Å². The number of unbranched alkanes of at least 4 members (excludes halogenated alkanes) is 3. The van der Waals surface area contributed by atoms with E-state index in [2.05, 4.69) is 11.7 Å². The number of hydrogen-bond acceptors (Lipinski definition) is 4. The summed E-state index contributed by atoms with van der Waals surface area (Å²) in [7, 11) is 0. The predicted molar refractivity (Wildman–Crippen MR) is 57.5 cm³/mol. The topological polar surface area (TPSA) is 44.8 Å². The molecule has 0 aromatic heterocycles. The van der Waals surface area contributed by atoms with E-state index in [9.17, 15) is 4.79 Å². The van der Waals surface area contributed by atoms with Crippen LogP contribution in [0, 0.1) is 0 Å². The molecule has 0 aliphatic rings. The van der Waals surface area contributed by atoms with Crippen LogP contribution >= 0.6 is 0 Å². The highest BCUT2D eigenvalue weighted by molar-refractivity contribution is 5.37. The van der Waals surface area contributed by atoms with Gasteiger partial charge in [0, 0.05) is 6.61 Å². The Bertz CT molecular complexity index is 139. The fourth-order valence-electron chi connectivity index (χ4n) is 1.12. The molecule has 4 nitrogen and oxygen atoms in total. The molecule has 1 atom stereocenters. The Morgan fingerprint density at radius 3 is 2.60 bits per heavy atom. The summed E-state index contributed by atoms with van der Waals surface area (Å²) in [6, 6.07) is 0. The van der Waals surface area contributed by atoms with E-state index in [-0.39, 0.29) is 0 Å². The van der Waals surface area contributed by atoms with Crippen molar-refractivity contribution in [2.45, 2.75) is 45.8 Å². The molecule has 0 aliphatic heterocycles. The van der Waals surface area contributed by atoms with Gasteiger partial charge in [-0.15, -0.1) is 0 Å². The van der Waals surface area contributed by atoms with E-state index in [1.165, 1.54) is 19.3 Å². The summed E-state index contributed by atoms with van der Waals surface area (Å²) in [6.07, 6.45) is 4.36. The smallest absolute Gasteiger partial charge is 0.295 e. The summed E-state index contributed by atoms with van der Waals surface area (Å²) in [6.45, 7) is 6.04. The summed E-state index contributed by atoms with van der Waals surface area (Å²) in [5.74, 6) is 0. The minimum Gasteiger partial charge on any atom is -0.438 e. The number of ether oxygens (including phenoxy) is 3. The van der Waals surface area contributed by atoms with Crippen molar-refractivity contribution in [3.8, 4) is 0 Å². The van der Waals surface area contributed by atoms with Crippen LogP contribution in [0.2, 0.25) is 0 Å². The van der Waals surface area contributed by atoms with Crippen LogP contribution in [0.4, 0.5) is 0 Å². The lowest BCUT2D eigenvalue weighted by atomic mass is 10.2. The van der Waals surface area contributed by atoms with E-state index >= 15 is 0 Å². The molecule has 15 heavy (non-hydrogen) atoms. The van der Waals surface area contributed by atoms with Crippen molar-refractivity contribution in [1.29, 1.82) is 0 Å². The highest BCUT2D eigenvalue weighted by Crippen LogP contribution is 1.98. The molecule has 0 rings (SSSR count). The Morgan fingerprint density at radius 2 is 1.93 bits per heavy atom. The van der Waals surface area contributed by atoms with Crippen molar-refractivity contribution in [2.75, 3.05) is 19.8 Å². The minimum atomic E-state index is -0.480. The van der Waals surface area contributed by atoms with Gasteiger partial charge in [-0.05, 0) is 13.3 Å². The van der Waals surface area contributed by atoms with Crippen LogP contribution in [0.3, 0.4) is 0 Å². The molecule has 0 radical (unpaired) electrons. The second kappa shape index (κ2) is 11.5. The molecule has 0 N–H and O–H groups in total. The monoisotopic (exact) mass is 218 g/mol. The van der Waals surface area contributed by atoms with Gasteiger partial charge in [0.1, 0.15) is 0 Å². The van der Waals surface area contributed by atoms with Gasteiger partial charge in [0.15, 0.2) is 6.29 Å². The lowest BCUT2D eigenvalue weighted by Crippen LogP contribution is -2.15. The van der Waals surface area contributed by atoms with Gasteiger partial charge < -0.3 is 14.2 Å². The molecule has 0 saturated heterocycles. The maximum Gasteiger partial charge on any atom is 0.295 e. The van der Waals surface area contributed by atoms with E-state index < -0.39 is 6.29 Å². The normalized spacial score (nSPS) is 12.4. The highest BCUT2D eigenvalue weighted by atomic mass is 16.7. The average molecular weight is 218 g/mol. The average Bonchev–Trinajstić information content (AvgIpc) is 2.22. The first-order chi connectivity index (χ1) is 7.31. The zero-order valence-corrected chi connectivity index (χ0v) is 9.74. The van der Waals surface area contributed by atoms with Gasteiger partial charge in [-0.25, -0.2) is 0 Å². The fourth-order valence-corrected chi connectivity index (χ4v) is 1.12. The Balaban J connectivity index is 3.01. The Morgan fingerprint density at radius 1 is 1.13 bits per heavy atom. The van der Waals surface area contributed by atoms with E-state index in [1.54, 1.807) is 6.92 Å². The quantitative estimate of drug-likeness (QED) is 0.303. The van der Waals surface area contributed by atoms with Gasteiger partial charge in [-0.3, -0.25) is 4.79 Å². The maximum atomic E-state index is 9.92. The molecule has 0 aliphatic carbocycles. The number of carbonyl (C=O) groups excluding carboxylic acids is 1. The first kappa shape index (κ1) is 14.4. The molecule has 0 heterocycles. The van der Waals surface area contributed by atoms with Crippen molar-refractivity contribution >= 4 is 6.47 Å². The van der Waals surface area contributed by atoms with Crippen LogP contribution in [-0.2, 0) is 19.0 Å². The summed E-state index contributed by atoms with van der Waals surface area (Å²) in [4.78, 5) is 9.92. The van der Waals surface area contributed by atoms with E-state index in [4.69, 9.17) is 9.47 Å². The zero-order valence-electron chi connectivity index (χ0n) is 9.74. The van der Waals surface area contributed by atoms with Crippen LogP contribution in [0.5, 0.6) is 0 Å². The van der Waals surface area contributed by atoms with Crippen LogP contribution in [-0.4, -0.2) is 32.6 Å². The summed E-state index contributed by atoms with van der Waals surface area (Å²) < 4.78 is 15.0. The van der Waals surface area contributed by atoms with E-state index in [1.807, 2.05) is 0 Å². The second-order valence-corrected chi connectivity index (χ2v) is 3.34. The molecular weight excluding hydrogens is 196 g/mol. The van der Waals surface area contributed by atoms with Crippen molar-refractivity contribution in [3.63, 3.8) is 0 Å². The Kier molecular flexibility index (Phi) is 11.0. The van der Waals surface area contributed by atoms with Gasteiger partial charge in [0.25, 0.3) is 6.47 Å². The maximum absolute atomic E-state index is 9.92. The number of rotatable bonds is 11. The SMILES string of the molecule is CCCCCCOCCOC(C)OC=O. The Hall–Kier alpha value is -0.610. The standard InChI is InChI=1S/C11H22O4/c1-3-4-5-6-7-13-8-9-14-11(2)15-10-12/h10-11H,3-9H2,1-2H3. The summed E-state index contributed by atoms with van der Waals surface area (Å²) in [5.41, 5.74) is 0. The molecule has 0 spiro atoms. The first-order valence-electron chi connectivity index (χ1n) is 5.59. The molecule has 90 valence electrons. The van der Waals surface area contributed by atoms with E-state index in [0.29, 0.717) is 19.7 Å². The van der Waals surface area contributed by atoms with Gasteiger partial charge in [0.2, 0.25) is 0 Å². The molecule has 0 fully saturated rings. The number of hydrogen-bond donors (Lipinski definition) is 0. The van der Waals surface area contributed by atoms with Gasteiger partial charge in [-0.2, -0.15) is 0 Å². The third-order valence-corrected chi connectivity index (χ3v) is 1.97. The first-order valence-corrected chi connectivity index (χ1v) is 5.59. The predicted octanol–water partition coefficient (Wildman–Crippen LogP) is 2.12. The Labute approximate surface area is 91.9 Å². The third kappa shape index (κ3) is 11.3. The lowest BCUT2D eigenvalue weighted by molar-refractivity contribution is -0.162. The van der Waals surface area contributed by atoms with Crippen molar-refractivity contribution < 1.29 is 19.0 Å². The third-order valence-electron chi connectivity index (χ3n) is 1.97. The largest absolute Gasteiger partial charge is 0.438 e. The van der Waals surface area contributed by atoms with Crippen LogP contribution in [0.15, 0.2) is 0 Å². The zero-order chi connectivity index (χ0) is 11.4. The molecule has 0 bridgehead atoms. The molecule has 4 heteroatoms.